The predicted octanol–water partition coefficient (Wildman–Crippen LogP) is 2.70. The molecular weight excluding hydrogens is 440 g/mol. The van der Waals surface area contributed by atoms with Crippen LogP contribution < -0.4 is 11.2 Å². The third-order valence-corrected chi connectivity index (χ3v) is 5.20. The number of hydrogen-bond donors (Lipinski definition) is 0. The van der Waals surface area contributed by atoms with Crippen LogP contribution in [-0.2, 0) is 18.0 Å². The molecule has 1 amide bonds. The first-order chi connectivity index (χ1) is 13.4. The highest BCUT2D eigenvalue weighted by Crippen LogP contribution is 2.32. The van der Waals surface area contributed by atoms with E-state index in [1.807, 2.05) is 0 Å². The molecular formula is C16H10ClF4N4O3S. The number of nitrogens with zero attached hydrogens (tertiary/aromatic N) is 4. The summed E-state index contributed by atoms with van der Waals surface area (Å²) < 4.78 is 53.8. The van der Waals surface area contributed by atoms with Gasteiger partial charge in [-0.25, -0.2) is 18.7 Å². The summed E-state index contributed by atoms with van der Waals surface area (Å²) in [6, 6.07) is 1.87. The summed E-state index contributed by atoms with van der Waals surface area (Å²) in [7, 11) is 4.30. The van der Waals surface area contributed by atoms with E-state index in [1.165, 1.54) is 0 Å². The molecule has 153 valence electrons. The molecule has 1 radical (unpaired) electrons. The van der Waals surface area contributed by atoms with Crippen molar-refractivity contribution in [2.75, 3.05) is 5.75 Å². The first-order valence-corrected chi connectivity index (χ1v) is 9.03. The molecule has 0 spiro atoms. The Morgan fingerprint density at radius 2 is 1.86 bits per heavy atom. The molecule has 1 aromatic carbocycles. The zero-order valence-corrected chi connectivity index (χ0v) is 16.0. The third kappa shape index (κ3) is 3.81. The topological polar surface area (TPSA) is 76.7 Å². The Kier molecular flexibility index (Phi) is 5.34. The van der Waals surface area contributed by atoms with Crippen molar-refractivity contribution >= 4 is 40.1 Å². The molecule has 1 aliphatic rings. The van der Waals surface area contributed by atoms with Crippen LogP contribution >= 0.6 is 23.4 Å². The van der Waals surface area contributed by atoms with Crippen molar-refractivity contribution in [3.63, 3.8) is 0 Å². The van der Waals surface area contributed by atoms with E-state index in [0.717, 1.165) is 35.8 Å². The molecule has 0 bridgehead atoms. The molecule has 0 N–H and O–H groups in total. The van der Waals surface area contributed by atoms with Crippen LogP contribution in [0, 0.1) is 12.9 Å². The average Bonchev–Trinajstić information content (AvgIpc) is 2.93. The van der Waals surface area contributed by atoms with E-state index in [1.54, 1.807) is 0 Å². The van der Waals surface area contributed by atoms with Gasteiger partial charge in [0.25, 0.3) is 5.56 Å². The number of aliphatic imine (C=N–C) groups is 1. The number of amides is 1. The zero-order valence-electron chi connectivity index (χ0n) is 14.5. The van der Waals surface area contributed by atoms with Gasteiger partial charge in [0.1, 0.15) is 11.5 Å². The number of carbonyl (C=O) groups excluding carboxylic acids is 1. The van der Waals surface area contributed by atoms with Gasteiger partial charge in [-0.15, -0.1) is 0 Å². The lowest BCUT2D eigenvalue weighted by Crippen LogP contribution is -2.41. The van der Waals surface area contributed by atoms with E-state index in [-0.39, 0.29) is 42.7 Å². The molecule has 0 atom stereocenters. The number of benzene rings is 1. The molecule has 1 aromatic heterocycles. The van der Waals surface area contributed by atoms with E-state index in [9.17, 15) is 31.9 Å². The second-order valence-corrected chi connectivity index (χ2v) is 7.15. The Balaban J connectivity index is 2.22. The highest BCUT2D eigenvalue weighted by molar-refractivity contribution is 8.15. The maximum Gasteiger partial charge on any atom is 0.431 e. The van der Waals surface area contributed by atoms with Crippen LogP contribution in [0.3, 0.4) is 0 Å². The van der Waals surface area contributed by atoms with Crippen molar-refractivity contribution in [3.05, 3.63) is 62.6 Å². The number of amidine groups is 1. The van der Waals surface area contributed by atoms with Gasteiger partial charge in [0.2, 0.25) is 5.91 Å². The van der Waals surface area contributed by atoms with Gasteiger partial charge >= 0.3 is 11.9 Å². The molecule has 0 aliphatic carbocycles. The summed E-state index contributed by atoms with van der Waals surface area (Å²) in [5.74, 6) is -1.38. The monoisotopic (exact) mass is 449 g/mol. The van der Waals surface area contributed by atoms with E-state index < -0.39 is 34.6 Å². The van der Waals surface area contributed by atoms with Crippen LogP contribution in [0.4, 0.5) is 23.2 Å². The van der Waals surface area contributed by atoms with Crippen LogP contribution in [0.1, 0.15) is 5.69 Å². The van der Waals surface area contributed by atoms with E-state index in [2.05, 4.69) is 12.0 Å². The maximum atomic E-state index is 14.4. The van der Waals surface area contributed by atoms with Gasteiger partial charge in [-0.2, -0.15) is 13.2 Å². The normalized spacial score (nSPS) is 16.2. The molecule has 1 saturated heterocycles. The SMILES string of the molecule is [CH2]N1C(=O)CSC1=Nc1cc(-n2c(=O)cc(C(F)(F)F)n(C)c2=O)c(F)cc1Cl. The second kappa shape index (κ2) is 7.34. The quantitative estimate of drug-likeness (QED) is 0.661. The Hall–Kier alpha value is -2.60. The van der Waals surface area contributed by atoms with E-state index in [0.29, 0.717) is 0 Å². The minimum absolute atomic E-state index is 0.0763. The fourth-order valence-corrected chi connectivity index (χ4v) is 3.51. The minimum Gasteiger partial charge on any atom is -0.292 e. The highest BCUT2D eigenvalue weighted by atomic mass is 35.5. The van der Waals surface area contributed by atoms with Crippen molar-refractivity contribution < 1.29 is 22.4 Å². The number of rotatable bonds is 2. The molecule has 0 saturated carbocycles. The molecule has 2 heterocycles. The average molecular weight is 450 g/mol. The van der Waals surface area contributed by atoms with Crippen molar-refractivity contribution in [1.29, 1.82) is 0 Å². The van der Waals surface area contributed by atoms with Gasteiger partial charge in [0.15, 0.2) is 5.17 Å². The standard InChI is InChI=1S/C16H10ClF4N4O3S/c1-23-11(16(19,20)21)5-12(26)25(15(23)28)10-4-9(7(17)3-8(10)18)22-14-24(2)13(27)6-29-14/h3-5H,2,6H2,1H3. The Morgan fingerprint density at radius 1 is 1.21 bits per heavy atom. The van der Waals surface area contributed by atoms with E-state index in [4.69, 9.17) is 11.6 Å². The van der Waals surface area contributed by atoms with Crippen LogP contribution in [0.2, 0.25) is 5.02 Å². The summed E-state index contributed by atoms with van der Waals surface area (Å²) in [5, 5.41) is -0.0639. The number of alkyl halides is 3. The fourth-order valence-electron chi connectivity index (χ4n) is 2.49. The molecule has 29 heavy (non-hydrogen) atoms. The smallest absolute Gasteiger partial charge is 0.292 e. The number of halogens is 5. The van der Waals surface area contributed by atoms with Gasteiger partial charge in [0.05, 0.1) is 22.2 Å². The molecule has 2 aromatic rings. The molecule has 7 nitrogen and oxygen atoms in total. The number of hydrogen-bond acceptors (Lipinski definition) is 5. The summed E-state index contributed by atoms with van der Waals surface area (Å²) in [4.78, 5) is 41.2. The van der Waals surface area contributed by atoms with Crippen LogP contribution in [0.15, 0.2) is 32.8 Å². The summed E-state index contributed by atoms with van der Waals surface area (Å²) in [6.45, 7) is 0. The van der Waals surface area contributed by atoms with Crippen LogP contribution in [0.25, 0.3) is 5.69 Å². The lowest BCUT2D eigenvalue weighted by atomic mass is 10.2. The maximum absolute atomic E-state index is 14.4. The van der Waals surface area contributed by atoms with Crippen molar-refractivity contribution in [2.45, 2.75) is 6.18 Å². The second-order valence-electron chi connectivity index (χ2n) is 5.80. The lowest BCUT2D eigenvalue weighted by Gasteiger charge is -2.15. The highest BCUT2D eigenvalue weighted by Gasteiger charge is 2.35. The third-order valence-electron chi connectivity index (χ3n) is 3.94. The van der Waals surface area contributed by atoms with Gasteiger partial charge in [-0.05, 0) is 12.1 Å². The van der Waals surface area contributed by atoms with Crippen molar-refractivity contribution in [3.8, 4) is 5.69 Å². The Morgan fingerprint density at radius 3 is 2.41 bits per heavy atom. The Bertz CT molecular complexity index is 1170. The molecule has 3 rings (SSSR count). The first-order valence-electron chi connectivity index (χ1n) is 7.66. The van der Waals surface area contributed by atoms with Gasteiger partial charge < -0.3 is 0 Å². The van der Waals surface area contributed by atoms with Crippen LogP contribution in [0.5, 0.6) is 0 Å². The molecule has 1 fully saturated rings. The predicted molar refractivity (Wildman–Crippen MR) is 99.0 cm³/mol. The van der Waals surface area contributed by atoms with E-state index >= 15 is 0 Å². The fraction of sp³-hybridized carbons (Fsp3) is 0.188. The molecule has 1 aliphatic heterocycles. The van der Waals surface area contributed by atoms with Crippen molar-refractivity contribution in [2.24, 2.45) is 12.0 Å². The Labute approximate surface area is 169 Å². The molecule has 0 unspecified atom stereocenters. The lowest BCUT2D eigenvalue weighted by molar-refractivity contribution is -0.144. The summed E-state index contributed by atoms with van der Waals surface area (Å²) in [6.07, 6.45) is -4.95. The largest absolute Gasteiger partial charge is 0.431 e. The number of thioether (sulfide) groups is 1. The van der Waals surface area contributed by atoms with Crippen LogP contribution in [-0.4, -0.2) is 30.9 Å². The zero-order chi connectivity index (χ0) is 21.7. The summed E-state index contributed by atoms with van der Waals surface area (Å²) >= 11 is 6.98. The number of aromatic nitrogens is 2. The molecule has 13 heteroatoms. The first kappa shape index (κ1) is 21.1. The van der Waals surface area contributed by atoms with Gasteiger partial charge in [-0.3, -0.25) is 19.1 Å². The minimum atomic E-state index is -4.95. The number of carbonyl (C=O) groups is 1. The van der Waals surface area contributed by atoms with Gasteiger partial charge in [-0.1, -0.05) is 23.4 Å². The summed E-state index contributed by atoms with van der Waals surface area (Å²) in [5.41, 5.74) is -5.02. The van der Waals surface area contributed by atoms with Gasteiger partial charge in [0, 0.05) is 20.2 Å². The van der Waals surface area contributed by atoms with Crippen molar-refractivity contribution in [1.82, 2.24) is 14.0 Å².